The summed E-state index contributed by atoms with van der Waals surface area (Å²) < 4.78 is 2.20. The van der Waals surface area contributed by atoms with Crippen LogP contribution >= 0.6 is 0 Å². The summed E-state index contributed by atoms with van der Waals surface area (Å²) in [4.78, 5) is 14.6. The zero-order valence-electron chi connectivity index (χ0n) is 16.0. The number of hydrogen-bond acceptors (Lipinski definition) is 1. The minimum Gasteiger partial charge on any atom is -0.345 e. The number of carbonyl (C=O) groups excluding carboxylic acids is 1. The van der Waals surface area contributed by atoms with E-state index in [4.69, 9.17) is 0 Å². The zero-order chi connectivity index (χ0) is 19.1. The Kier molecular flexibility index (Phi) is 6.31. The van der Waals surface area contributed by atoms with E-state index in [1.54, 1.807) is 0 Å². The molecule has 0 saturated heterocycles. The lowest BCUT2D eigenvalue weighted by molar-refractivity contribution is 0.177. The van der Waals surface area contributed by atoms with Gasteiger partial charge in [-0.1, -0.05) is 60.7 Å². The average Bonchev–Trinajstić information content (AvgIpc) is 3.12. The van der Waals surface area contributed by atoms with E-state index in [9.17, 15) is 4.79 Å². The van der Waals surface area contributed by atoms with Crippen molar-refractivity contribution in [2.75, 3.05) is 0 Å². The Labute approximate surface area is 161 Å². The Hall–Kier alpha value is -3.01. The summed E-state index contributed by atoms with van der Waals surface area (Å²) in [5.41, 5.74) is 3.48. The summed E-state index contributed by atoms with van der Waals surface area (Å²) >= 11 is 0. The van der Waals surface area contributed by atoms with Crippen LogP contribution in [-0.4, -0.2) is 21.5 Å². The Balaban J connectivity index is 1.66. The van der Waals surface area contributed by atoms with E-state index >= 15 is 0 Å². The number of rotatable bonds is 7. The second kappa shape index (κ2) is 9.08. The maximum absolute atomic E-state index is 12.8. The molecule has 0 bridgehead atoms. The van der Waals surface area contributed by atoms with Crippen LogP contribution in [0.15, 0.2) is 79.0 Å². The first-order chi connectivity index (χ1) is 13.1. The highest BCUT2D eigenvalue weighted by atomic mass is 16.2. The van der Waals surface area contributed by atoms with E-state index in [2.05, 4.69) is 46.4 Å². The van der Waals surface area contributed by atoms with Gasteiger partial charge in [-0.3, -0.25) is 0 Å². The Morgan fingerprint density at radius 2 is 1.56 bits per heavy atom. The van der Waals surface area contributed by atoms with Crippen molar-refractivity contribution in [3.63, 3.8) is 0 Å². The van der Waals surface area contributed by atoms with Crippen LogP contribution in [0.4, 0.5) is 4.79 Å². The van der Waals surface area contributed by atoms with Gasteiger partial charge in [-0.25, -0.2) is 4.79 Å². The summed E-state index contributed by atoms with van der Waals surface area (Å²) in [5.74, 6) is 0. The van der Waals surface area contributed by atoms with Crippen LogP contribution in [0.3, 0.4) is 0 Å². The van der Waals surface area contributed by atoms with Gasteiger partial charge in [-0.2, -0.15) is 0 Å². The fraction of sp³-hybridized carbons (Fsp3) is 0.261. The average molecular weight is 361 g/mol. The van der Waals surface area contributed by atoms with Gasteiger partial charge in [0, 0.05) is 31.0 Å². The molecule has 0 saturated carbocycles. The molecule has 0 aliphatic rings. The van der Waals surface area contributed by atoms with Gasteiger partial charge in [0.2, 0.25) is 0 Å². The molecule has 0 radical (unpaired) electrons. The summed E-state index contributed by atoms with van der Waals surface area (Å²) in [5, 5.41) is 3.04. The molecule has 4 nitrogen and oxygen atoms in total. The number of hydrogen-bond donors (Lipinski definition) is 1. The molecule has 3 aromatic rings. The predicted molar refractivity (Wildman–Crippen MR) is 109 cm³/mol. The van der Waals surface area contributed by atoms with Crippen molar-refractivity contribution >= 4 is 6.03 Å². The molecule has 0 spiro atoms. The van der Waals surface area contributed by atoms with Gasteiger partial charge in [0.1, 0.15) is 0 Å². The van der Waals surface area contributed by atoms with E-state index in [1.165, 1.54) is 5.56 Å². The normalized spacial score (nSPS) is 10.8. The topological polar surface area (TPSA) is 37.3 Å². The highest BCUT2D eigenvalue weighted by molar-refractivity contribution is 5.74. The molecule has 4 heteroatoms. The van der Waals surface area contributed by atoms with Crippen LogP contribution in [0, 0.1) is 0 Å². The quantitative estimate of drug-likeness (QED) is 0.653. The lowest BCUT2D eigenvalue weighted by Crippen LogP contribution is -2.43. The first kappa shape index (κ1) is 18.8. The fourth-order valence-corrected chi connectivity index (χ4v) is 3.07. The third-order valence-electron chi connectivity index (χ3n) is 4.62. The third-order valence-corrected chi connectivity index (χ3v) is 4.62. The van der Waals surface area contributed by atoms with Crippen LogP contribution in [0.1, 0.15) is 30.7 Å². The summed E-state index contributed by atoms with van der Waals surface area (Å²) in [6, 6.07) is 24.6. The molecular weight excluding hydrogens is 334 g/mol. The summed E-state index contributed by atoms with van der Waals surface area (Å²) in [7, 11) is 0. The SMILES string of the molecule is CC(C)N(Cc1cccn1Cc1ccccc1)C(=O)NCc1ccccc1. The molecular formula is C23H27N3O. The standard InChI is InChI=1S/C23H27N3O/c1-19(2)26(23(27)24-16-20-10-5-3-6-11-20)18-22-14-9-15-25(22)17-21-12-7-4-8-13-21/h3-15,19H,16-18H2,1-2H3,(H,24,27). The van der Waals surface area contributed by atoms with Gasteiger partial charge in [0.25, 0.3) is 0 Å². The molecule has 2 aromatic carbocycles. The van der Waals surface area contributed by atoms with Crippen LogP contribution in [0.5, 0.6) is 0 Å². The van der Waals surface area contributed by atoms with Crippen molar-refractivity contribution in [2.24, 2.45) is 0 Å². The second-order valence-electron chi connectivity index (χ2n) is 6.98. The lowest BCUT2D eigenvalue weighted by atomic mass is 10.2. The van der Waals surface area contributed by atoms with Gasteiger partial charge in [-0.05, 0) is 37.1 Å². The molecule has 0 atom stereocenters. The van der Waals surface area contributed by atoms with E-state index < -0.39 is 0 Å². The smallest absolute Gasteiger partial charge is 0.318 e. The Bertz CT molecular complexity index is 840. The molecule has 27 heavy (non-hydrogen) atoms. The van der Waals surface area contributed by atoms with Crippen LogP contribution < -0.4 is 5.32 Å². The van der Waals surface area contributed by atoms with Gasteiger partial charge >= 0.3 is 6.03 Å². The highest BCUT2D eigenvalue weighted by Gasteiger charge is 2.18. The van der Waals surface area contributed by atoms with E-state index in [-0.39, 0.29) is 12.1 Å². The minimum absolute atomic E-state index is 0.0404. The number of aromatic nitrogens is 1. The maximum Gasteiger partial charge on any atom is 0.318 e. The highest BCUT2D eigenvalue weighted by Crippen LogP contribution is 2.13. The number of urea groups is 1. The largest absolute Gasteiger partial charge is 0.345 e. The monoisotopic (exact) mass is 361 g/mol. The molecule has 0 aliphatic carbocycles. The maximum atomic E-state index is 12.8. The van der Waals surface area contributed by atoms with Crippen molar-refractivity contribution in [1.29, 1.82) is 0 Å². The summed E-state index contributed by atoms with van der Waals surface area (Å²) in [6.45, 7) is 6.02. The molecule has 3 rings (SSSR count). The number of amides is 2. The zero-order valence-corrected chi connectivity index (χ0v) is 16.0. The van der Waals surface area contributed by atoms with Gasteiger partial charge in [-0.15, -0.1) is 0 Å². The van der Waals surface area contributed by atoms with Crippen molar-refractivity contribution in [3.05, 3.63) is 95.8 Å². The van der Waals surface area contributed by atoms with Crippen molar-refractivity contribution < 1.29 is 4.79 Å². The molecule has 140 valence electrons. The lowest BCUT2D eigenvalue weighted by Gasteiger charge is -2.27. The number of nitrogens with one attached hydrogen (secondary N) is 1. The first-order valence-electron chi connectivity index (χ1n) is 9.40. The Morgan fingerprint density at radius 1 is 0.926 bits per heavy atom. The molecule has 0 unspecified atom stereocenters. The Morgan fingerprint density at radius 3 is 2.19 bits per heavy atom. The van der Waals surface area contributed by atoms with Gasteiger partial charge < -0.3 is 14.8 Å². The number of benzene rings is 2. The van der Waals surface area contributed by atoms with Crippen molar-refractivity contribution in [3.8, 4) is 0 Å². The molecule has 1 aromatic heterocycles. The molecule has 0 aliphatic heterocycles. The molecule has 1 N–H and O–H groups in total. The fourth-order valence-electron chi connectivity index (χ4n) is 3.07. The van der Waals surface area contributed by atoms with Gasteiger partial charge in [0.15, 0.2) is 0 Å². The minimum atomic E-state index is -0.0404. The van der Waals surface area contributed by atoms with Crippen LogP contribution in [0.2, 0.25) is 0 Å². The van der Waals surface area contributed by atoms with Crippen LogP contribution in [-0.2, 0) is 19.6 Å². The summed E-state index contributed by atoms with van der Waals surface area (Å²) in [6.07, 6.45) is 2.07. The third kappa shape index (κ3) is 5.23. The van der Waals surface area contributed by atoms with Crippen molar-refractivity contribution in [2.45, 2.75) is 39.5 Å². The van der Waals surface area contributed by atoms with E-state index in [0.29, 0.717) is 13.1 Å². The number of carbonyl (C=O) groups is 1. The molecule has 0 fully saturated rings. The number of nitrogens with zero attached hydrogens (tertiary/aromatic N) is 2. The molecule has 2 amide bonds. The first-order valence-corrected chi connectivity index (χ1v) is 9.40. The van der Waals surface area contributed by atoms with E-state index in [1.807, 2.05) is 61.2 Å². The second-order valence-corrected chi connectivity index (χ2v) is 6.98. The van der Waals surface area contributed by atoms with E-state index in [0.717, 1.165) is 17.8 Å². The molecule has 1 heterocycles. The van der Waals surface area contributed by atoms with Crippen LogP contribution in [0.25, 0.3) is 0 Å². The van der Waals surface area contributed by atoms with Crippen molar-refractivity contribution in [1.82, 2.24) is 14.8 Å². The predicted octanol–water partition coefficient (Wildman–Crippen LogP) is 4.66. The van der Waals surface area contributed by atoms with Gasteiger partial charge in [0.05, 0.1) is 6.54 Å².